The van der Waals surface area contributed by atoms with E-state index in [0.717, 1.165) is 12.8 Å². The molecule has 1 aromatic carbocycles. The number of nitrogens with two attached hydrogens (primary N) is 1. The first-order chi connectivity index (χ1) is 8.93. The fourth-order valence-corrected chi connectivity index (χ4v) is 1.69. The molecule has 0 radical (unpaired) electrons. The first kappa shape index (κ1) is 15.7. The van der Waals surface area contributed by atoms with Gasteiger partial charge in [0, 0.05) is 5.92 Å². The van der Waals surface area contributed by atoms with E-state index in [-0.39, 0.29) is 11.9 Å². The van der Waals surface area contributed by atoms with Gasteiger partial charge in [0.15, 0.2) is 0 Å². The Hall–Kier alpha value is -1.35. The lowest BCUT2D eigenvalue weighted by Crippen LogP contribution is -2.28. The van der Waals surface area contributed by atoms with Crippen molar-refractivity contribution in [1.82, 2.24) is 0 Å². The summed E-state index contributed by atoms with van der Waals surface area (Å²) in [4.78, 5) is 11.7. The molecule has 2 N–H and O–H groups in total. The SMILES string of the molecule is CC(C)(C)C(=O)OCC(CN)CCc1ccccc1. The van der Waals surface area contributed by atoms with Crippen LogP contribution in [0.2, 0.25) is 0 Å². The van der Waals surface area contributed by atoms with E-state index < -0.39 is 5.41 Å². The zero-order valence-corrected chi connectivity index (χ0v) is 12.2. The standard InChI is InChI=1S/C16H25NO2/c1-16(2,3)15(18)19-12-14(11-17)10-9-13-7-5-4-6-8-13/h4-8,14H,9-12,17H2,1-3H3. The Kier molecular flexibility index (Phi) is 6.03. The zero-order valence-electron chi connectivity index (χ0n) is 12.2. The quantitative estimate of drug-likeness (QED) is 0.803. The first-order valence-corrected chi connectivity index (χ1v) is 6.84. The van der Waals surface area contributed by atoms with E-state index in [1.54, 1.807) is 0 Å². The highest BCUT2D eigenvalue weighted by atomic mass is 16.5. The molecule has 1 aromatic rings. The molecule has 3 heteroatoms. The van der Waals surface area contributed by atoms with E-state index in [1.165, 1.54) is 5.56 Å². The molecule has 3 nitrogen and oxygen atoms in total. The van der Waals surface area contributed by atoms with Gasteiger partial charge in [0.25, 0.3) is 0 Å². The Bertz CT molecular complexity index is 381. The largest absolute Gasteiger partial charge is 0.465 e. The number of rotatable bonds is 6. The summed E-state index contributed by atoms with van der Waals surface area (Å²) in [5.74, 6) is 0.0668. The van der Waals surface area contributed by atoms with Gasteiger partial charge in [-0.15, -0.1) is 0 Å². The molecule has 1 atom stereocenters. The van der Waals surface area contributed by atoms with Crippen LogP contribution in [0.25, 0.3) is 0 Å². The van der Waals surface area contributed by atoms with Crippen LogP contribution in [-0.4, -0.2) is 19.1 Å². The molecule has 1 rings (SSSR count). The minimum atomic E-state index is -0.446. The third kappa shape index (κ3) is 5.88. The molecule has 0 aliphatic heterocycles. The number of carbonyl (C=O) groups excluding carboxylic acids is 1. The molecule has 0 aromatic heterocycles. The molecule has 0 amide bonds. The molecule has 1 unspecified atom stereocenters. The van der Waals surface area contributed by atoms with Gasteiger partial charge in [-0.1, -0.05) is 30.3 Å². The smallest absolute Gasteiger partial charge is 0.311 e. The molecule has 0 saturated carbocycles. The number of hydrogen-bond donors (Lipinski definition) is 1. The van der Waals surface area contributed by atoms with Crippen LogP contribution in [0.3, 0.4) is 0 Å². The summed E-state index contributed by atoms with van der Waals surface area (Å²) in [6.45, 7) is 6.54. The van der Waals surface area contributed by atoms with E-state index in [4.69, 9.17) is 10.5 Å². The van der Waals surface area contributed by atoms with Crippen LogP contribution in [0.15, 0.2) is 30.3 Å². The summed E-state index contributed by atoms with van der Waals surface area (Å²) in [6, 6.07) is 10.3. The molecule has 0 heterocycles. The summed E-state index contributed by atoms with van der Waals surface area (Å²) < 4.78 is 5.33. The number of benzene rings is 1. The molecule has 0 fully saturated rings. The zero-order chi connectivity index (χ0) is 14.3. The summed E-state index contributed by atoms with van der Waals surface area (Å²) in [5, 5.41) is 0. The maximum absolute atomic E-state index is 11.7. The molecular formula is C16H25NO2. The molecule has 0 bridgehead atoms. The second-order valence-corrected chi connectivity index (χ2v) is 5.97. The van der Waals surface area contributed by atoms with Crippen LogP contribution >= 0.6 is 0 Å². The predicted molar refractivity (Wildman–Crippen MR) is 77.7 cm³/mol. The lowest BCUT2D eigenvalue weighted by atomic mass is 9.97. The van der Waals surface area contributed by atoms with E-state index in [9.17, 15) is 4.79 Å². The van der Waals surface area contributed by atoms with Gasteiger partial charge < -0.3 is 10.5 Å². The number of aryl methyl sites for hydroxylation is 1. The maximum Gasteiger partial charge on any atom is 0.311 e. The predicted octanol–water partition coefficient (Wildman–Crippen LogP) is 2.78. The van der Waals surface area contributed by atoms with E-state index >= 15 is 0 Å². The fraction of sp³-hybridized carbons (Fsp3) is 0.562. The van der Waals surface area contributed by atoms with Gasteiger partial charge in [-0.05, 0) is 45.7 Å². The Labute approximate surface area is 116 Å². The lowest BCUT2D eigenvalue weighted by Gasteiger charge is -2.20. The van der Waals surface area contributed by atoms with Crippen LogP contribution < -0.4 is 5.73 Å². The van der Waals surface area contributed by atoms with Gasteiger partial charge in [0.1, 0.15) is 0 Å². The Morgan fingerprint density at radius 1 is 1.26 bits per heavy atom. The summed E-state index contributed by atoms with van der Waals surface area (Å²) in [7, 11) is 0. The Morgan fingerprint density at radius 2 is 1.89 bits per heavy atom. The number of carbonyl (C=O) groups is 1. The first-order valence-electron chi connectivity index (χ1n) is 6.84. The van der Waals surface area contributed by atoms with Crippen molar-refractivity contribution in [3.8, 4) is 0 Å². The van der Waals surface area contributed by atoms with E-state index in [0.29, 0.717) is 13.2 Å². The highest BCUT2D eigenvalue weighted by Gasteiger charge is 2.23. The molecule has 106 valence electrons. The third-order valence-electron chi connectivity index (χ3n) is 3.08. The number of esters is 1. The van der Waals surface area contributed by atoms with Crippen molar-refractivity contribution in [2.75, 3.05) is 13.2 Å². The van der Waals surface area contributed by atoms with Crippen LogP contribution in [0, 0.1) is 11.3 Å². The fourth-order valence-electron chi connectivity index (χ4n) is 1.69. The van der Waals surface area contributed by atoms with Gasteiger partial charge in [0.05, 0.1) is 12.0 Å². The van der Waals surface area contributed by atoms with Crippen LogP contribution in [0.4, 0.5) is 0 Å². The topological polar surface area (TPSA) is 52.3 Å². The van der Waals surface area contributed by atoms with Gasteiger partial charge in [-0.3, -0.25) is 4.79 Å². The van der Waals surface area contributed by atoms with Crippen LogP contribution in [-0.2, 0) is 16.0 Å². The van der Waals surface area contributed by atoms with Crippen LogP contribution in [0.1, 0.15) is 32.8 Å². The minimum absolute atomic E-state index is 0.161. The molecule has 0 aliphatic rings. The second-order valence-electron chi connectivity index (χ2n) is 5.97. The van der Waals surface area contributed by atoms with Crippen molar-refractivity contribution < 1.29 is 9.53 Å². The summed E-state index contributed by atoms with van der Waals surface area (Å²) in [5.41, 5.74) is 6.59. The van der Waals surface area contributed by atoms with Crippen molar-refractivity contribution in [3.63, 3.8) is 0 Å². The van der Waals surface area contributed by atoms with Crippen molar-refractivity contribution in [1.29, 1.82) is 0 Å². The Morgan fingerprint density at radius 3 is 2.42 bits per heavy atom. The third-order valence-corrected chi connectivity index (χ3v) is 3.08. The van der Waals surface area contributed by atoms with Crippen LogP contribution in [0.5, 0.6) is 0 Å². The van der Waals surface area contributed by atoms with E-state index in [2.05, 4.69) is 12.1 Å². The van der Waals surface area contributed by atoms with Crippen molar-refractivity contribution in [2.24, 2.45) is 17.1 Å². The number of hydrogen-bond acceptors (Lipinski definition) is 3. The van der Waals surface area contributed by atoms with Gasteiger partial charge in [0.2, 0.25) is 0 Å². The average molecular weight is 263 g/mol. The average Bonchev–Trinajstić information content (AvgIpc) is 2.38. The molecule has 0 saturated heterocycles. The molecule has 19 heavy (non-hydrogen) atoms. The van der Waals surface area contributed by atoms with Crippen molar-refractivity contribution in [2.45, 2.75) is 33.6 Å². The van der Waals surface area contributed by atoms with Gasteiger partial charge >= 0.3 is 5.97 Å². The number of ether oxygens (including phenoxy) is 1. The minimum Gasteiger partial charge on any atom is -0.465 e. The molecule has 0 aliphatic carbocycles. The molecule has 0 spiro atoms. The summed E-state index contributed by atoms with van der Waals surface area (Å²) in [6.07, 6.45) is 1.91. The maximum atomic E-state index is 11.7. The molecular weight excluding hydrogens is 238 g/mol. The Balaban J connectivity index is 2.36. The van der Waals surface area contributed by atoms with Crippen molar-refractivity contribution >= 4 is 5.97 Å². The summed E-state index contributed by atoms with van der Waals surface area (Å²) >= 11 is 0. The van der Waals surface area contributed by atoms with Gasteiger partial charge in [-0.25, -0.2) is 0 Å². The second kappa shape index (κ2) is 7.29. The van der Waals surface area contributed by atoms with Gasteiger partial charge in [-0.2, -0.15) is 0 Å². The highest BCUT2D eigenvalue weighted by Crippen LogP contribution is 2.17. The van der Waals surface area contributed by atoms with Crippen molar-refractivity contribution in [3.05, 3.63) is 35.9 Å². The lowest BCUT2D eigenvalue weighted by molar-refractivity contribution is -0.154. The van der Waals surface area contributed by atoms with E-state index in [1.807, 2.05) is 39.0 Å². The highest BCUT2D eigenvalue weighted by molar-refractivity contribution is 5.75. The normalized spacial score (nSPS) is 13.1. The monoisotopic (exact) mass is 263 g/mol.